The lowest BCUT2D eigenvalue weighted by molar-refractivity contribution is -0.210. The number of aliphatic hydroxyl groups is 3. The largest absolute Gasteiger partial charge is 0.481 e. The molecule has 5 saturated carbocycles. The summed E-state index contributed by atoms with van der Waals surface area (Å²) in [6, 6.07) is 0. The van der Waals surface area contributed by atoms with Crippen molar-refractivity contribution in [1.82, 2.24) is 0 Å². The Kier molecular flexibility index (Phi) is 5.56. The third-order valence-corrected chi connectivity index (χ3v) is 13.0. The molecule has 35 heavy (non-hydrogen) atoms. The van der Waals surface area contributed by atoms with E-state index in [-0.39, 0.29) is 34.0 Å². The van der Waals surface area contributed by atoms with Gasteiger partial charge in [0, 0.05) is 11.8 Å². The van der Waals surface area contributed by atoms with Gasteiger partial charge in [0.15, 0.2) is 0 Å². The van der Waals surface area contributed by atoms with E-state index >= 15 is 0 Å². The van der Waals surface area contributed by atoms with Crippen LogP contribution in [-0.2, 0) is 4.79 Å². The zero-order valence-electron chi connectivity index (χ0n) is 22.7. The molecule has 2 spiro atoms. The summed E-state index contributed by atoms with van der Waals surface area (Å²) in [5.74, 6) is 0.633. The lowest BCUT2D eigenvalue weighted by Crippen LogP contribution is -2.63. The first-order chi connectivity index (χ1) is 16.1. The van der Waals surface area contributed by atoms with E-state index in [2.05, 4.69) is 26.8 Å². The lowest BCUT2D eigenvalue weighted by atomic mass is 9.41. The molecule has 0 bridgehead atoms. The number of fused-ring (bicyclic) bond motifs is 2. The van der Waals surface area contributed by atoms with Crippen molar-refractivity contribution in [1.29, 1.82) is 0 Å². The van der Waals surface area contributed by atoms with Crippen LogP contribution in [0.5, 0.6) is 0 Å². The van der Waals surface area contributed by atoms with Gasteiger partial charge in [0.05, 0.1) is 23.2 Å². The Balaban J connectivity index is 1.44. The fourth-order valence-electron chi connectivity index (χ4n) is 11.1. The van der Waals surface area contributed by atoms with Gasteiger partial charge in [-0.2, -0.15) is 0 Å². The summed E-state index contributed by atoms with van der Waals surface area (Å²) in [6.45, 7) is 12.8. The number of carboxylic acid groups (broad SMARTS) is 1. The van der Waals surface area contributed by atoms with Gasteiger partial charge in [0.2, 0.25) is 0 Å². The SMILES string of the molecule is C[C@H](C/C=C/C(C)(C)O)[C@H]1CC[C@@]2(C)[C@@H]3CC[C@H]4[C@](C)(C(=O)O)[C@@H](O)C[C@H](O)[C@@]45C[C@@]35CC[C@]12C. The van der Waals surface area contributed by atoms with Crippen LogP contribution in [0.3, 0.4) is 0 Å². The van der Waals surface area contributed by atoms with Crippen LogP contribution in [0.15, 0.2) is 12.2 Å². The molecule has 0 aromatic carbocycles. The molecule has 0 aromatic heterocycles. The second-order valence-corrected chi connectivity index (χ2v) is 14.7. The maximum absolute atomic E-state index is 12.5. The van der Waals surface area contributed by atoms with Crippen LogP contribution >= 0.6 is 0 Å². The van der Waals surface area contributed by atoms with Crippen molar-refractivity contribution in [2.24, 2.45) is 50.7 Å². The number of carbonyl (C=O) groups is 1. The molecule has 5 aliphatic carbocycles. The molecule has 0 radical (unpaired) electrons. The molecular weight excluding hydrogens is 440 g/mol. The van der Waals surface area contributed by atoms with Crippen molar-refractivity contribution >= 4 is 5.97 Å². The molecule has 198 valence electrons. The molecule has 0 aromatic rings. The van der Waals surface area contributed by atoms with Crippen LogP contribution < -0.4 is 0 Å². The van der Waals surface area contributed by atoms with Gasteiger partial charge in [-0.25, -0.2) is 0 Å². The highest BCUT2D eigenvalue weighted by atomic mass is 16.4. The van der Waals surface area contributed by atoms with Crippen LogP contribution in [0.25, 0.3) is 0 Å². The highest BCUT2D eigenvalue weighted by Gasteiger charge is 2.85. The normalized spacial score (nSPS) is 53.9. The molecule has 5 nitrogen and oxygen atoms in total. The third-order valence-electron chi connectivity index (χ3n) is 13.0. The molecule has 0 heterocycles. The fourth-order valence-corrected chi connectivity index (χ4v) is 11.1. The van der Waals surface area contributed by atoms with Gasteiger partial charge < -0.3 is 20.4 Å². The average molecular weight is 489 g/mol. The van der Waals surface area contributed by atoms with Crippen LogP contribution in [0.2, 0.25) is 0 Å². The van der Waals surface area contributed by atoms with E-state index < -0.39 is 29.2 Å². The van der Waals surface area contributed by atoms with Gasteiger partial charge in [-0.1, -0.05) is 32.9 Å². The number of rotatable bonds is 5. The summed E-state index contributed by atoms with van der Waals surface area (Å²) >= 11 is 0. The zero-order chi connectivity index (χ0) is 25.8. The van der Waals surface area contributed by atoms with Gasteiger partial charge in [0.25, 0.3) is 0 Å². The van der Waals surface area contributed by atoms with Gasteiger partial charge in [-0.3, -0.25) is 4.79 Å². The third kappa shape index (κ3) is 3.07. The van der Waals surface area contributed by atoms with Crippen molar-refractivity contribution in [2.75, 3.05) is 0 Å². The number of allylic oxidation sites excluding steroid dienone is 1. The van der Waals surface area contributed by atoms with Crippen molar-refractivity contribution in [3.63, 3.8) is 0 Å². The van der Waals surface area contributed by atoms with E-state index in [0.29, 0.717) is 17.8 Å². The Morgan fingerprint density at radius 2 is 1.66 bits per heavy atom. The van der Waals surface area contributed by atoms with Crippen LogP contribution in [0.1, 0.15) is 99.3 Å². The minimum Gasteiger partial charge on any atom is -0.481 e. The van der Waals surface area contributed by atoms with Gasteiger partial charge in [-0.05, 0) is 112 Å². The Bertz CT molecular complexity index is 922. The molecule has 4 N–H and O–H groups in total. The summed E-state index contributed by atoms with van der Waals surface area (Å²) in [5, 5.41) is 42.6. The van der Waals surface area contributed by atoms with Gasteiger partial charge in [-0.15, -0.1) is 0 Å². The zero-order valence-corrected chi connectivity index (χ0v) is 22.7. The fraction of sp³-hybridized carbons (Fsp3) is 0.900. The summed E-state index contributed by atoms with van der Waals surface area (Å²) in [7, 11) is 0. The molecule has 5 aliphatic rings. The summed E-state index contributed by atoms with van der Waals surface area (Å²) in [4.78, 5) is 12.5. The Morgan fingerprint density at radius 3 is 2.29 bits per heavy atom. The maximum Gasteiger partial charge on any atom is 0.312 e. The van der Waals surface area contributed by atoms with Crippen molar-refractivity contribution < 1.29 is 25.2 Å². The van der Waals surface area contributed by atoms with E-state index in [1.54, 1.807) is 6.92 Å². The molecule has 5 heteroatoms. The smallest absolute Gasteiger partial charge is 0.312 e. The minimum atomic E-state index is -1.17. The highest BCUT2D eigenvalue weighted by Crippen LogP contribution is 2.89. The minimum absolute atomic E-state index is 0.0272. The number of aliphatic hydroxyl groups excluding tert-OH is 2. The molecule has 5 fully saturated rings. The van der Waals surface area contributed by atoms with Gasteiger partial charge in [0.1, 0.15) is 0 Å². The van der Waals surface area contributed by atoms with Crippen molar-refractivity contribution in [3.8, 4) is 0 Å². The summed E-state index contributed by atoms with van der Waals surface area (Å²) < 4.78 is 0. The van der Waals surface area contributed by atoms with E-state index in [4.69, 9.17) is 0 Å². The first-order valence-corrected chi connectivity index (χ1v) is 14.1. The number of hydrogen-bond acceptors (Lipinski definition) is 4. The molecular formula is C30H48O5. The second kappa shape index (κ2) is 7.57. The first-order valence-electron chi connectivity index (χ1n) is 14.1. The maximum atomic E-state index is 12.5. The molecule has 0 amide bonds. The first kappa shape index (κ1) is 25.7. The summed E-state index contributed by atoms with van der Waals surface area (Å²) in [5.41, 5.74) is -1.84. The molecule has 0 aliphatic heterocycles. The van der Waals surface area contributed by atoms with E-state index in [1.165, 1.54) is 12.8 Å². The molecule has 5 rings (SSSR count). The van der Waals surface area contributed by atoms with Crippen LogP contribution in [-0.4, -0.2) is 44.2 Å². The monoisotopic (exact) mass is 488 g/mol. The lowest BCUT2D eigenvalue weighted by Gasteiger charge is -2.63. The topological polar surface area (TPSA) is 98.0 Å². The van der Waals surface area contributed by atoms with Crippen molar-refractivity contribution in [2.45, 2.75) is 117 Å². The van der Waals surface area contributed by atoms with Crippen LogP contribution in [0.4, 0.5) is 0 Å². The Hall–Kier alpha value is -0.910. The standard InChI is InChI=1S/C30H48O5/c1-18(8-7-12-25(2,3)35)19-11-13-27(5)20-9-10-21-28(6,24(33)34)22(31)16-23(32)30(21)17-29(20,30)15-14-26(19,27)4/h7,12,18-23,31-32,35H,8-11,13-17H2,1-6H3,(H,33,34)/b12-7+/t18-,19-,20+,21+,22+,23+,26-,27+,28+,29+,30-/m1/s1. The number of aliphatic carboxylic acids is 1. The quantitative estimate of drug-likeness (QED) is 0.400. The van der Waals surface area contributed by atoms with Gasteiger partial charge >= 0.3 is 5.97 Å². The molecule has 0 saturated heterocycles. The second-order valence-electron chi connectivity index (χ2n) is 14.7. The summed E-state index contributed by atoms with van der Waals surface area (Å²) in [6.07, 6.45) is 11.0. The number of hydrogen-bond donors (Lipinski definition) is 4. The molecule has 11 atom stereocenters. The van der Waals surface area contributed by atoms with Crippen LogP contribution in [0, 0.1) is 50.7 Å². The van der Waals surface area contributed by atoms with E-state index in [1.807, 2.05) is 19.9 Å². The van der Waals surface area contributed by atoms with E-state index in [9.17, 15) is 25.2 Å². The van der Waals surface area contributed by atoms with Crippen molar-refractivity contribution in [3.05, 3.63) is 12.2 Å². The predicted molar refractivity (Wildman–Crippen MR) is 135 cm³/mol. The Labute approximate surface area is 211 Å². The van der Waals surface area contributed by atoms with E-state index in [0.717, 1.165) is 38.5 Å². The Morgan fingerprint density at radius 1 is 1.00 bits per heavy atom. The molecule has 0 unspecified atom stereocenters. The highest BCUT2D eigenvalue weighted by molar-refractivity contribution is 5.76. The average Bonchev–Trinajstić information content (AvgIpc) is 3.36. The predicted octanol–water partition coefficient (Wildman–Crippen LogP) is 5.18. The number of carboxylic acids is 1.